The van der Waals surface area contributed by atoms with E-state index in [1.165, 1.54) is 19.3 Å². The minimum Gasteiger partial charge on any atom is -0.302 e. The van der Waals surface area contributed by atoms with Gasteiger partial charge in [-0.3, -0.25) is 15.0 Å². The molecule has 128 valence electrons. The van der Waals surface area contributed by atoms with Crippen LogP contribution in [0.1, 0.15) is 25.0 Å². The zero-order chi connectivity index (χ0) is 17.2. The number of nitro groups is 1. The number of nitrogens with zero attached hydrogens (tertiary/aromatic N) is 4. The van der Waals surface area contributed by atoms with E-state index >= 15 is 0 Å². The van der Waals surface area contributed by atoms with Gasteiger partial charge in [0, 0.05) is 30.4 Å². The van der Waals surface area contributed by atoms with Crippen molar-refractivity contribution in [3.8, 4) is 11.3 Å². The second kappa shape index (κ2) is 6.64. The van der Waals surface area contributed by atoms with Gasteiger partial charge in [-0.15, -0.1) is 0 Å². The molecule has 4 rings (SSSR count). The summed E-state index contributed by atoms with van der Waals surface area (Å²) in [6.45, 7) is 3.07. The van der Waals surface area contributed by atoms with E-state index in [-0.39, 0.29) is 10.6 Å². The van der Waals surface area contributed by atoms with Crippen LogP contribution in [-0.4, -0.2) is 32.3 Å². The van der Waals surface area contributed by atoms with Gasteiger partial charge < -0.3 is 4.40 Å². The summed E-state index contributed by atoms with van der Waals surface area (Å²) >= 11 is 0. The van der Waals surface area contributed by atoms with E-state index in [2.05, 4.69) is 9.30 Å². The molecule has 1 aliphatic rings. The lowest BCUT2D eigenvalue weighted by Gasteiger charge is -2.26. The summed E-state index contributed by atoms with van der Waals surface area (Å²) in [6, 6.07) is 12.7. The molecule has 0 atom stereocenters. The fourth-order valence-corrected chi connectivity index (χ4v) is 3.50. The number of fused-ring (bicyclic) bond motifs is 1. The molecule has 3 heterocycles. The minimum absolute atomic E-state index is 0.102. The standard InChI is InChI=1S/C19H20N4O2/c24-23(25)16-9-7-15(8-10-16)19-17(14-21-11-3-1-4-12-21)22-13-5-2-6-18(22)20-19/h2,5-10,13H,1,3-4,11-12,14H2. The number of likely N-dealkylation sites (tertiary alicyclic amines) is 1. The number of piperidine rings is 1. The normalized spacial score (nSPS) is 15.5. The Morgan fingerprint density at radius 3 is 2.52 bits per heavy atom. The van der Waals surface area contributed by atoms with Crippen molar-refractivity contribution >= 4 is 11.3 Å². The molecule has 6 nitrogen and oxygen atoms in total. The number of imidazole rings is 1. The summed E-state index contributed by atoms with van der Waals surface area (Å²) in [5, 5.41) is 10.9. The maximum absolute atomic E-state index is 10.9. The second-order valence-electron chi connectivity index (χ2n) is 6.48. The van der Waals surface area contributed by atoms with Crippen LogP contribution in [0.4, 0.5) is 5.69 Å². The van der Waals surface area contributed by atoms with E-state index in [0.29, 0.717) is 0 Å². The quantitative estimate of drug-likeness (QED) is 0.535. The zero-order valence-electron chi connectivity index (χ0n) is 14.0. The van der Waals surface area contributed by atoms with Gasteiger partial charge >= 0.3 is 0 Å². The Kier molecular flexibility index (Phi) is 4.19. The highest BCUT2D eigenvalue weighted by Gasteiger charge is 2.19. The lowest BCUT2D eigenvalue weighted by atomic mass is 10.1. The van der Waals surface area contributed by atoms with Gasteiger partial charge in [-0.2, -0.15) is 0 Å². The average Bonchev–Trinajstić information content (AvgIpc) is 3.01. The van der Waals surface area contributed by atoms with E-state index in [4.69, 9.17) is 4.98 Å². The Labute approximate surface area is 145 Å². The molecule has 0 saturated carbocycles. The lowest BCUT2D eigenvalue weighted by Crippen LogP contribution is -2.29. The topological polar surface area (TPSA) is 63.7 Å². The van der Waals surface area contributed by atoms with Crippen molar-refractivity contribution in [3.63, 3.8) is 0 Å². The number of hydrogen-bond acceptors (Lipinski definition) is 4. The molecule has 1 fully saturated rings. The minimum atomic E-state index is -0.373. The van der Waals surface area contributed by atoms with E-state index in [1.54, 1.807) is 24.3 Å². The number of aromatic nitrogens is 2. The summed E-state index contributed by atoms with van der Waals surface area (Å²) in [7, 11) is 0. The predicted molar refractivity (Wildman–Crippen MR) is 96.4 cm³/mol. The zero-order valence-corrected chi connectivity index (χ0v) is 14.0. The molecule has 0 radical (unpaired) electrons. The highest BCUT2D eigenvalue weighted by atomic mass is 16.6. The van der Waals surface area contributed by atoms with Crippen molar-refractivity contribution in [1.82, 2.24) is 14.3 Å². The Balaban J connectivity index is 1.76. The van der Waals surface area contributed by atoms with E-state index in [0.717, 1.165) is 42.2 Å². The van der Waals surface area contributed by atoms with Crippen molar-refractivity contribution in [2.45, 2.75) is 25.8 Å². The fraction of sp³-hybridized carbons (Fsp3) is 0.316. The van der Waals surface area contributed by atoms with Gasteiger partial charge in [0.2, 0.25) is 0 Å². The molecule has 3 aromatic rings. The van der Waals surface area contributed by atoms with Gasteiger partial charge in [0.15, 0.2) is 0 Å². The summed E-state index contributed by atoms with van der Waals surface area (Å²) in [4.78, 5) is 17.8. The predicted octanol–water partition coefficient (Wildman–Crippen LogP) is 3.90. The Bertz CT molecular complexity index is 895. The van der Waals surface area contributed by atoms with Gasteiger partial charge in [-0.05, 0) is 50.2 Å². The van der Waals surface area contributed by atoms with Crippen molar-refractivity contribution in [3.05, 3.63) is 64.5 Å². The molecule has 0 spiro atoms. The first-order valence-corrected chi connectivity index (χ1v) is 8.65. The second-order valence-corrected chi connectivity index (χ2v) is 6.48. The largest absolute Gasteiger partial charge is 0.302 e. The highest BCUT2D eigenvalue weighted by molar-refractivity contribution is 5.67. The van der Waals surface area contributed by atoms with Crippen LogP contribution in [-0.2, 0) is 6.54 Å². The monoisotopic (exact) mass is 336 g/mol. The van der Waals surface area contributed by atoms with Crippen LogP contribution < -0.4 is 0 Å². The molecular formula is C19H20N4O2. The van der Waals surface area contributed by atoms with Gasteiger partial charge in [0.25, 0.3) is 5.69 Å². The lowest BCUT2D eigenvalue weighted by molar-refractivity contribution is -0.384. The molecule has 1 aliphatic heterocycles. The molecule has 0 aliphatic carbocycles. The van der Waals surface area contributed by atoms with Crippen molar-refractivity contribution in [2.24, 2.45) is 0 Å². The molecule has 1 aromatic carbocycles. The average molecular weight is 336 g/mol. The summed E-state index contributed by atoms with van der Waals surface area (Å²) in [5.74, 6) is 0. The molecule has 6 heteroatoms. The van der Waals surface area contributed by atoms with E-state index < -0.39 is 0 Å². The van der Waals surface area contributed by atoms with Crippen LogP contribution >= 0.6 is 0 Å². The number of hydrogen-bond donors (Lipinski definition) is 0. The van der Waals surface area contributed by atoms with Crippen molar-refractivity contribution in [1.29, 1.82) is 0 Å². The first-order valence-electron chi connectivity index (χ1n) is 8.65. The molecule has 0 N–H and O–H groups in total. The fourth-order valence-electron chi connectivity index (χ4n) is 3.50. The summed E-state index contributed by atoms with van der Waals surface area (Å²) in [5.41, 5.74) is 3.98. The number of benzene rings is 1. The van der Waals surface area contributed by atoms with Gasteiger partial charge in [-0.1, -0.05) is 12.5 Å². The maximum Gasteiger partial charge on any atom is 0.269 e. The van der Waals surface area contributed by atoms with Gasteiger partial charge in [0.05, 0.1) is 16.3 Å². The van der Waals surface area contributed by atoms with Gasteiger partial charge in [0.1, 0.15) is 5.65 Å². The van der Waals surface area contributed by atoms with Crippen molar-refractivity contribution < 1.29 is 4.92 Å². The third kappa shape index (κ3) is 3.13. The maximum atomic E-state index is 10.9. The Morgan fingerprint density at radius 2 is 1.80 bits per heavy atom. The number of nitro benzene ring substituents is 1. The molecule has 2 aromatic heterocycles. The van der Waals surface area contributed by atoms with Gasteiger partial charge in [-0.25, -0.2) is 4.98 Å². The molecular weight excluding hydrogens is 316 g/mol. The summed E-state index contributed by atoms with van der Waals surface area (Å²) in [6.07, 6.45) is 5.82. The molecule has 25 heavy (non-hydrogen) atoms. The van der Waals surface area contributed by atoms with Crippen molar-refractivity contribution in [2.75, 3.05) is 13.1 Å². The Morgan fingerprint density at radius 1 is 1.04 bits per heavy atom. The number of pyridine rings is 1. The van der Waals surface area contributed by atoms with Crippen LogP contribution in [0.5, 0.6) is 0 Å². The van der Waals surface area contributed by atoms with Crippen LogP contribution in [0.15, 0.2) is 48.7 Å². The third-order valence-corrected chi connectivity index (χ3v) is 4.80. The SMILES string of the molecule is O=[N+]([O-])c1ccc(-c2nc3ccccn3c2CN2CCCCC2)cc1. The molecule has 0 unspecified atom stereocenters. The molecule has 0 amide bonds. The van der Waals surface area contributed by atoms with E-state index in [1.807, 2.05) is 24.4 Å². The van der Waals surface area contributed by atoms with E-state index in [9.17, 15) is 10.1 Å². The third-order valence-electron chi connectivity index (χ3n) is 4.80. The molecule has 0 bridgehead atoms. The first kappa shape index (κ1) is 15.8. The van der Waals surface area contributed by atoms with Crippen LogP contribution in [0, 0.1) is 10.1 Å². The number of rotatable bonds is 4. The summed E-state index contributed by atoms with van der Waals surface area (Å²) < 4.78 is 2.13. The van der Waals surface area contributed by atoms with Crippen LogP contribution in [0.25, 0.3) is 16.9 Å². The Hall–Kier alpha value is -2.73. The van der Waals surface area contributed by atoms with Crippen LogP contribution in [0.3, 0.4) is 0 Å². The molecule has 1 saturated heterocycles. The smallest absolute Gasteiger partial charge is 0.269 e. The van der Waals surface area contributed by atoms with Crippen LogP contribution in [0.2, 0.25) is 0 Å². The first-order chi connectivity index (χ1) is 12.2. The number of non-ortho nitro benzene ring substituents is 1. The highest BCUT2D eigenvalue weighted by Crippen LogP contribution is 2.28.